The number of rotatable bonds is 6. The Kier molecular flexibility index (Phi) is 4.36. The van der Waals surface area contributed by atoms with Crippen LogP contribution in [0.5, 0.6) is 0 Å². The van der Waals surface area contributed by atoms with Crippen molar-refractivity contribution in [2.75, 3.05) is 11.6 Å². The number of carbonyl (C=O) groups excluding carboxylic acids is 1. The van der Waals surface area contributed by atoms with E-state index in [4.69, 9.17) is 0 Å². The van der Waals surface area contributed by atoms with Gasteiger partial charge in [0.05, 0.1) is 17.0 Å². The third-order valence-electron chi connectivity index (χ3n) is 3.37. The zero-order valence-electron chi connectivity index (χ0n) is 12.6. The fraction of sp³-hybridized carbons (Fsp3) is 0.333. The molecular formula is C15H17N3O3S2. The Hall–Kier alpha value is -1.93. The lowest BCUT2D eigenvalue weighted by atomic mass is 10.3. The van der Waals surface area contributed by atoms with Gasteiger partial charge in [-0.05, 0) is 37.1 Å². The average Bonchev–Trinajstić information content (AvgIpc) is 3.18. The highest BCUT2D eigenvalue weighted by Gasteiger charge is 2.23. The van der Waals surface area contributed by atoms with Gasteiger partial charge in [-0.15, -0.1) is 11.3 Å². The minimum absolute atomic E-state index is 0.00172. The third kappa shape index (κ3) is 4.52. The number of hydrogen-bond donors (Lipinski definition) is 2. The Balaban J connectivity index is 1.60. The molecule has 1 aliphatic carbocycles. The molecule has 3 rings (SSSR count). The van der Waals surface area contributed by atoms with Gasteiger partial charge in [-0.3, -0.25) is 4.79 Å². The van der Waals surface area contributed by atoms with Crippen LogP contribution >= 0.6 is 11.3 Å². The van der Waals surface area contributed by atoms with Crippen LogP contribution in [-0.2, 0) is 21.1 Å². The highest BCUT2D eigenvalue weighted by Crippen LogP contribution is 2.23. The number of nitrogens with one attached hydrogen (secondary N) is 2. The normalized spacial score (nSPS) is 14.5. The Morgan fingerprint density at radius 1 is 1.30 bits per heavy atom. The van der Waals surface area contributed by atoms with Crippen LogP contribution in [0.1, 0.15) is 18.5 Å². The van der Waals surface area contributed by atoms with Crippen molar-refractivity contribution in [1.82, 2.24) is 10.3 Å². The quantitative estimate of drug-likeness (QED) is 0.832. The second-order valence-electron chi connectivity index (χ2n) is 5.58. The van der Waals surface area contributed by atoms with Gasteiger partial charge in [0.25, 0.3) is 0 Å². The van der Waals surface area contributed by atoms with Crippen LogP contribution in [0.15, 0.2) is 34.5 Å². The van der Waals surface area contributed by atoms with Gasteiger partial charge in [-0.1, -0.05) is 0 Å². The fourth-order valence-corrected chi connectivity index (χ4v) is 3.39. The van der Waals surface area contributed by atoms with Gasteiger partial charge in [0.15, 0.2) is 15.0 Å². The number of nitrogens with zero attached hydrogens (tertiary/aromatic N) is 1. The molecule has 0 atom stereocenters. The Morgan fingerprint density at radius 3 is 2.61 bits per heavy atom. The van der Waals surface area contributed by atoms with Crippen LogP contribution in [0.4, 0.5) is 10.8 Å². The van der Waals surface area contributed by atoms with Crippen molar-refractivity contribution in [2.45, 2.75) is 30.2 Å². The van der Waals surface area contributed by atoms with E-state index in [2.05, 4.69) is 15.6 Å². The number of anilines is 2. The highest BCUT2D eigenvalue weighted by atomic mass is 32.2. The van der Waals surface area contributed by atoms with Gasteiger partial charge in [0.2, 0.25) is 5.91 Å². The average molecular weight is 351 g/mol. The summed E-state index contributed by atoms with van der Waals surface area (Å²) in [5, 5.41) is 8.56. The predicted molar refractivity (Wildman–Crippen MR) is 89.8 cm³/mol. The molecule has 1 aromatic carbocycles. The molecule has 0 radical (unpaired) electrons. The maximum absolute atomic E-state index is 11.7. The molecule has 0 unspecified atom stereocenters. The van der Waals surface area contributed by atoms with Crippen LogP contribution in [0.25, 0.3) is 0 Å². The van der Waals surface area contributed by atoms with E-state index in [1.165, 1.54) is 17.6 Å². The maximum atomic E-state index is 11.7. The van der Waals surface area contributed by atoms with Crippen molar-refractivity contribution in [1.29, 1.82) is 0 Å². The summed E-state index contributed by atoms with van der Waals surface area (Å²) >= 11 is 1.41. The van der Waals surface area contributed by atoms with Crippen LogP contribution in [0, 0.1) is 0 Å². The van der Waals surface area contributed by atoms with Crippen LogP contribution in [0.2, 0.25) is 0 Å². The second kappa shape index (κ2) is 6.29. The van der Waals surface area contributed by atoms with Gasteiger partial charge in [-0.2, -0.15) is 0 Å². The summed E-state index contributed by atoms with van der Waals surface area (Å²) in [7, 11) is -3.19. The van der Waals surface area contributed by atoms with Gasteiger partial charge >= 0.3 is 0 Å². The number of hydrogen-bond acceptors (Lipinski definition) is 6. The van der Waals surface area contributed by atoms with Gasteiger partial charge in [0.1, 0.15) is 0 Å². The first-order chi connectivity index (χ1) is 10.9. The van der Waals surface area contributed by atoms with Crippen molar-refractivity contribution in [3.05, 3.63) is 35.3 Å². The van der Waals surface area contributed by atoms with Gasteiger partial charge in [0, 0.05) is 23.4 Å². The molecule has 1 aromatic heterocycles. The summed E-state index contributed by atoms with van der Waals surface area (Å²) in [5.74, 6) is 0.00172. The number of thiazole rings is 1. The fourth-order valence-electron chi connectivity index (χ4n) is 2.03. The Morgan fingerprint density at radius 2 is 2.00 bits per heavy atom. The molecule has 1 amide bonds. The Bertz CT molecular complexity index is 809. The molecule has 1 fully saturated rings. The molecule has 0 spiro atoms. The second-order valence-corrected chi connectivity index (χ2v) is 8.46. The number of amides is 1. The smallest absolute Gasteiger partial charge is 0.226 e. The molecule has 1 saturated carbocycles. The number of carbonyl (C=O) groups is 1. The zero-order chi connectivity index (χ0) is 16.4. The summed E-state index contributed by atoms with van der Waals surface area (Å²) in [6.07, 6.45) is 3.59. The molecule has 2 N–H and O–H groups in total. The van der Waals surface area contributed by atoms with Gasteiger partial charge in [-0.25, -0.2) is 13.4 Å². The van der Waals surface area contributed by atoms with Crippen molar-refractivity contribution >= 4 is 37.9 Å². The molecular weight excluding hydrogens is 334 g/mol. The van der Waals surface area contributed by atoms with Gasteiger partial charge < -0.3 is 10.6 Å². The van der Waals surface area contributed by atoms with Crippen LogP contribution < -0.4 is 10.6 Å². The molecule has 122 valence electrons. The lowest BCUT2D eigenvalue weighted by Crippen LogP contribution is -2.27. The molecule has 0 saturated heterocycles. The van der Waals surface area contributed by atoms with Crippen LogP contribution in [0.3, 0.4) is 0 Å². The topological polar surface area (TPSA) is 88.2 Å². The first-order valence-corrected chi connectivity index (χ1v) is 9.98. The number of benzene rings is 1. The summed E-state index contributed by atoms with van der Waals surface area (Å²) in [6.45, 7) is 0. The first kappa shape index (κ1) is 15.9. The largest absolute Gasteiger partial charge is 0.353 e. The van der Waals surface area contributed by atoms with E-state index in [0.29, 0.717) is 11.2 Å². The van der Waals surface area contributed by atoms with E-state index in [0.717, 1.165) is 24.2 Å². The van der Waals surface area contributed by atoms with E-state index in [1.807, 2.05) is 5.38 Å². The summed E-state index contributed by atoms with van der Waals surface area (Å²) in [4.78, 5) is 16.4. The van der Waals surface area contributed by atoms with E-state index in [9.17, 15) is 13.2 Å². The summed E-state index contributed by atoms with van der Waals surface area (Å²) < 4.78 is 22.8. The lowest BCUT2D eigenvalue weighted by molar-refractivity contribution is -0.120. The first-order valence-electron chi connectivity index (χ1n) is 7.21. The molecule has 1 aliphatic rings. The van der Waals surface area contributed by atoms with Crippen molar-refractivity contribution in [3.8, 4) is 0 Å². The minimum Gasteiger partial charge on any atom is -0.353 e. The lowest BCUT2D eigenvalue weighted by Gasteiger charge is -2.04. The maximum Gasteiger partial charge on any atom is 0.226 e. The SMILES string of the molecule is CS(=O)(=O)c1ccc(Nc2nc(CC(=O)NC3CC3)cs2)cc1. The van der Waals surface area contributed by atoms with E-state index in [1.54, 1.807) is 24.3 Å². The monoisotopic (exact) mass is 351 g/mol. The molecule has 6 nitrogen and oxygen atoms in total. The zero-order valence-corrected chi connectivity index (χ0v) is 14.2. The number of sulfone groups is 1. The molecule has 0 aliphatic heterocycles. The van der Waals surface area contributed by atoms with Crippen molar-refractivity contribution in [2.24, 2.45) is 0 Å². The Labute approximate surface area is 138 Å². The highest BCUT2D eigenvalue weighted by molar-refractivity contribution is 7.90. The molecule has 2 aromatic rings. The van der Waals surface area contributed by atoms with E-state index in [-0.39, 0.29) is 17.2 Å². The molecule has 8 heteroatoms. The minimum atomic E-state index is -3.19. The van der Waals surface area contributed by atoms with Crippen molar-refractivity contribution < 1.29 is 13.2 Å². The standard InChI is InChI=1S/C15H17N3O3S2/c1-23(20,21)13-6-4-11(5-7-13)17-15-18-12(9-22-15)8-14(19)16-10-2-3-10/h4-7,9-10H,2-3,8H2,1H3,(H,16,19)(H,17,18). The van der Waals surface area contributed by atoms with Crippen molar-refractivity contribution in [3.63, 3.8) is 0 Å². The number of aromatic nitrogens is 1. The predicted octanol–water partition coefficient (Wildman–Crippen LogP) is 2.11. The molecule has 0 bridgehead atoms. The molecule has 23 heavy (non-hydrogen) atoms. The third-order valence-corrected chi connectivity index (χ3v) is 5.30. The summed E-state index contributed by atoms with van der Waals surface area (Å²) in [5.41, 5.74) is 1.48. The van der Waals surface area contributed by atoms with E-state index < -0.39 is 9.84 Å². The van der Waals surface area contributed by atoms with E-state index >= 15 is 0 Å². The molecule has 1 heterocycles. The van der Waals surface area contributed by atoms with Crippen LogP contribution in [-0.4, -0.2) is 31.6 Å². The summed E-state index contributed by atoms with van der Waals surface area (Å²) in [6, 6.07) is 6.84.